The summed E-state index contributed by atoms with van der Waals surface area (Å²) >= 11 is 0. The molecule has 0 radical (unpaired) electrons. The van der Waals surface area contributed by atoms with E-state index >= 15 is 0 Å². The van der Waals surface area contributed by atoms with Crippen molar-refractivity contribution in [3.63, 3.8) is 0 Å². The predicted octanol–water partition coefficient (Wildman–Crippen LogP) is 20.6. The Labute approximate surface area is 488 Å². The number of fused-ring (bicyclic) bond motifs is 18. The molecule has 0 unspecified atom stereocenters. The van der Waals surface area contributed by atoms with Crippen molar-refractivity contribution in [3.8, 4) is 28.2 Å². The molecule has 4 heterocycles. The molecule has 0 amide bonds. The average Bonchev–Trinajstić information content (AvgIpc) is 1.49. The lowest BCUT2D eigenvalue weighted by atomic mass is 9.65. The van der Waals surface area contributed by atoms with Gasteiger partial charge < -0.3 is 23.5 Å². The van der Waals surface area contributed by atoms with Crippen molar-refractivity contribution < 1.29 is 2.74 Å². The van der Waals surface area contributed by atoms with Crippen molar-refractivity contribution >= 4 is 99.5 Å². The van der Waals surface area contributed by atoms with Gasteiger partial charge in [-0.15, -0.1) is 0 Å². The van der Waals surface area contributed by atoms with Crippen molar-refractivity contribution in [2.75, 3.05) is 9.80 Å². The molecule has 13 aromatic carbocycles. The van der Waals surface area contributed by atoms with E-state index in [-0.39, 0.29) is 0 Å². The fourth-order valence-electron chi connectivity index (χ4n) is 14.7. The quantitative estimate of drug-likeness (QED) is 0.151. The van der Waals surface area contributed by atoms with Crippen molar-refractivity contribution in [2.45, 2.75) is 5.41 Å². The van der Waals surface area contributed by atoms with Crippen LogP contribution in [0.2, 0.25) is 0 Å². The summed E-state index contributed by atoms with van der Waals surface area (Å²) in [6.45, 7) is 0. The monoisotopic (exact) mass is 1070 g/mol. The van der Waals surface area contributed by atoms with E-state index in [0.717, 1.165) is 94.8 Å². The summed E-state index contributed by atoms with van der Waals surface area (Å²) in [5.41, 5.74) is 22.7. The first-order chi connectivity index (χ1) is 42.5. The molecule has 3 aromatic heterocycles. The van der Waals surface area contributed by atoms with Crippen LogP contribution in [0.25, 0.3) is 93.6 Å². The molecule has 1 spiro atoms. The van der Waals surface area contributed by atoms with E-state index in [1.54, 1.807) is 0 Å². The van der Waals surface area contributed by atoms with E-state index in [1.807, 2.05) is 24.3 Å². The van der Waals surface area contributed by atoms with Gasteiger partial charge in [0.05, 0.1) is 46.9 Å². The summed E-state index contributed by atoms with van der Waals surface area (Å²) in [7, 11) is 0. The lowest BCUT2D eigenvalue weighted by Gasteiger charge is -2.40. The van der Waals surface area contributed by atoms with Crippen LogP contribution in [0.15, 0.2) is 309 Å². The zero-order valence-electron chi connectivity index (χ0n) is 47.5. The number of hydrogen-bond acceptors (Lipinski definition) is 2. The minimum atomic E-state index is -0.795. The second kappa shape index (κ2) is 17.9. The molecule has 2 aliphatic rings. The van der Waals surface area contributed by atoms with Crippen LogP contribution in [0.3, 0.4) is 0 Å². The smallest absolute Gasteiger partial charge is 0.0756 e. The molecular formula is C79H51N5. The minimum Gasteiger partial charge on any atom is -0.310 e. The van der Waals surface area contributed by atoms with Gasteiger partial charge in [-0.1, -0.05) is 176 Å². The summed E-state index contributed by atoms with van der Waals surface area (Å²) < 4.78 is 24.9. The summed E-state index contributed by atoms with van der Waals surface area (Å²) in [5.74, 6) is 0. The maximum atomic E-state index is 8.85. The molecule has 16 aromatic rings. The van der Waals surface area contributed by atoms with E-state index in [0.29, 0.717) is 12.1 Å². The Morgan fingerprint density at radius 3 is 1.23 bits per heavy atom. The van der Waals surface area contributed by atoms with Gasteiger partial charge in [-0.25, -0.2) is 0 Å². The van der Waals surface area contributed by atoms with Crippen LogP contribution in [0.4, 0.5) is 34.1 Å². The Hall–Kier alpha value is -11.1. The molecule has 1 aliphatic carbocycles. The fraction of sp³-hybridized carbons (Fsp3) is 0.0127. The van der Waals surface area contributed by atoms with E-state index < -0.39 is 5.41 Å². The highest BCUT2D eigenvalue weighted by Crippen LogP contribution is 2.63. The molecule has 1 aliphatic heterocycles. The summed E-state index contributed by atoms with van der Waals surface area (Å²) in [6, 6.07) is 109. The van der Waals surface area contributed by atoms with Crippen LogP contribution in [-0.2, 0) is 5.41 Å². The second-order valence-electron chi connectivity index (χ2n) is 22.3. The van der Waals surface area contributed by atoms with E-state index in [2.05, 4.69) is 296 Å². The SMILES string of the molecule is [2H]c1ccc2c(c1)c1cc(N(c3ccccc3)c3ccc4c(c3)C3(c5cc(N(c6ccccc6)c6ccc7c(c6)c6cc([2H])ccc6n7-c6ccccc6)ccc5-4)c4ccccc4-n4c5ccccc5c5cccc3c54)ccc1n2-c1ccccc1. The number of benzene rings is 13. The number of rotatable bonds is 8. The summed E-state index contributed by atoms with van der Waals surface area (Å²) in [5, 5.41) is 6.70. The van der Waals surface area contributed by atoms with Gasteiger partial charge in [-0.3, -0.25) is 0 Å². The molecule has 5 heteroatoms. The fourth-order valence-corrected chi connectivity index (χ4v) is 14.7. The van der Waals surface area contributed by atoms with Crippen LogP contribution in [0.1, 0.15) is 25.0 Å². The predicted molar refractivity (Wildman–Crippen MR) is 350 cm³/mol. The van der Waals surface area contributed by atoms with Crippen LogP contribution in [0, 0.1) is 0 Å². The third-order valence-corrected chi connectivity index (χ3v) is 18.0. The highest BCUT2D eigenvalue weighted by molar-refractivity contribution is 6.14. The molecule has 84 heavy (non-hydrogen) atoms. The molecule has 392 valence electrons. The Morgan fingerprint density at radius 2 is 0.667 bits per heavy atom. The van der Waals surface area contributed by atoms with Crippen LogP contribution < -0.4 is 9.80 Å². The first kappa shape index (κ1) is 44.6. The van der Waals surface area contributed by atoms with Gasteiger partial charge in [0.2, 0.25) is 0 Å². The Morgan fingerprint density at radius 1 is 0.262 bits per heavy atom. The molecule has 0 N–H and O–H groups in total. The van der Waals surface area contributed by atoms with E-state index in [9.17, 15) is 0 Å². The summed E-state index contributed by atoms with van der Waals surface area (Å²) in [6.07, 6.45) is 0. The number of para-hydroxylation sites is 9. The molecule has 0 atom stereocenters. The third kappa shape index (κ3) is 6.49. The standard InChI is InChI=1S/C79H51N5/c1-5-22-52(23-6-1)80(56-42-46-75-66(48-56)63-31-14-17-36-72(63)82(75)54-26-9-3-10-27-54)58-40-44-60-61-45-41-59(81(53-24-7-2-8-25-53)57-43-47-76-67(49-57)64-32-15-18-37-73(64)83(76)55-28-11-4-12-29-55)51-71(61)79(70(60)50-58)68-34-16-20-39-77(68)84-74-38-19-13-30-62(74)65-33-21-35-69(79)78(65)84/h1-51H/i14D,15D. The highest BCUT2D eigenvalue weighted by Gasteiger charge is 2.51. The molecule has 0 fully saturated rings. The van der Waals surface area contributed by atoms with Crippen molar-refractivity contribution in [1.29, 1.82) is 0 Å². The molecule has 0 saturated carbocycles. The lowest BCUT2D eigenvalue weighted by Crippen LogP contribution is -2.33. The topological polar surface area (TPSA) is 21.3 Å². The van der Waals surface area contributed by atoms with Crippen LogP contribution >= 0.6 is 0 Å². The zero-order chi connectivity index (χ0) is 56.8. The maximum Gasteiger partial charge on any atom is 0.0756 e. The van der Waals surface area contributed by atoms with Crippen LogP contribution in [0.5, 0.6) is 0 Å². The van der Waals surface area contributed by atoms with Gasteiger partial charge in [-0.05, 0) is 167 Å². The zero-order valence-corrected chi connectivity index (χ0v) is 45.5. The maximum absolute atomic E-state index is 8.85. The first-order valence-electron chi connectivity index (χ1n) is 29.8. The lowest BCUT2D eigenvalue weighted by molar-refractivity contribution is 0.748. The van der Waals surface area contributed by atoms with Gasteiger partial charge in [-0.2, -0.15) is 0 Å². The van der Waals surface area contributed by atoms with E-state index in [4.69, 9.17) is 2.74 Å². The number of hydrogen-bond donors (Lipinski definition) is 0. The van der Waals surface area contributed by atoms with Gasteiger partial charge in [0.1, 0.15) is 0 Å². The molecule has 5 nitrogen and oxygen atoms in total. The normalized spacial score (nSPS) is 13.2. The number of nitrogens with zero attached hydrogens (tertiary/aromatic N) is 5. The van der Waals surface area contributed by atoms with Crippen molar-refractivity contribution in [1.82, 2.24) is 13.7 Å². The largest absolute Gasteiger partial charge is 0.310 e. The van der Waals surface area contributed by atoms with Crippen molar-refractivity contribution in [3.05, 3.63) is 332 Å². The molecule has 18 rings (SSSR count). The highest BCUT2D eigenvalue weighted by atomic mass is 15.2. The van der Waals surface area contributed by atoms with Gasteiger partial charge in [0.15, 0.2) is 0 Å². The Kier molecular flexibility index (Phi) is 9.52. The molecule has 0 bridgehead atoms. The van der Waals surface area contributed by atoms with Gasteiger partial charge in [0.25, 0.3) is 0 Å². The summed E-state index contributed by atoms with van der Waals surface area (Å²) in [4.78, 5) is 4.83. The minimum absolute atomic E-state index is 0.479. The second-order valence-corrected chi connectivity index (χ2v) is 22.3. The average molecular weight is 1070 g/mol. The number of anilines is 6. The van der Waals surface area contributed by atoms with E-state index in [1.165, 1.54) is 55.2 Å². The van der Waals surface area contributed by atoms with Gasteiger partial charge in [0, 0.05) is 77.8 Å². The number of aromatic nitrogens is 3. The van der Waals surface area contributed by atoms with Crippen molar-refractivity contribution in [2.24, 2.45) is 0 Å². The first-order valence-corrected chi connectivity index (χ1v) is 28.8. The Bertz CT molecular complexity index is 5200. The van der Waals surface area contributed by atoms with Crippen LogP contribution in [-0.4, -0.2) is 13.7 Å². The van der Waals surface area contributed by atoms with Gasteiger partial charge >= 0.3 is 0 Å². The third-order valence-electron chi connectivity index (χ3n) is 18.0. The molecule has 0 saturated heterocycles. The Balaban J connectivity index is 0.898. The molecular weight excluding hydrogens is 1020 g/mol.